The molecule has 3 aromatic rings. The summed E-state index contributed by atoms with van der Waals surface area (Å²) in [4.78, 5) is 28.0. The van der Waals surface area contributed by atoms with Crippen LogP contribution >= 0.6 is 0 Å². The Morgan fingerprint density at radius 3 is 2.36 bits per heavy atom. The van der Waals surface area contributed by atoms with Crippen molar-refractivity contribution in [3.05, 3.63) is 83.9 Å². The minimum atomic E-state index is -0.417. The van der Waals surface area contributed by atoms with Crippen LogP contribution < -0.4 is 10.6 Å². The summed E-state index contributed by atoms with van der Waals surface area (Å²) in [5, 5.41) is 5.60. The van der Waals surface area contributed by atoms with Gasteiger partial charge in [0.25, 0.3) is 5.91 Å². The van der Waals surface area contributed by atoms with Gasteiger partial charge in [0.1, 0.15) is 11.5 Å². The number of hydrogen-bond acceptors (Lipinski definition) is 5. The zero-order chi connectivity index (χ0) is 19.9. The van der Waals surface area contributed by atoms with Gasteiger partial charge >= 0.3 is 5.97 Å². The van der Waals surface area contributed by atoms with Crippen molar-refractivity contribution < 1.29 is 18.7 Å². The van der Waals surface area contributed by atoms with Crippen molar-refractivity contribution in [2.24, 2.45) is 0 Å². The highest BCUT2D eigenvalue weighted by atomic mass is 19.1. The first kappa shape index (κ1) is 19.0. The summed E-state index contributed by atoms with van der Waals surface area (Å²) in [6.07, 6.45) is 1.45. The number of hydrogen-bond donors (Lipinski definition) is 2. The van der Waals surface area contributed by atoms with Gasteiger partial charge in [0.05, 0.1) is 29.7 Å². The Kier molecular flexibility index (Phi) is 5.96. The first-order chi connectivity index (χ1) is 13.6. The van der Waals surface area contributed by atoms with Gasteiger partial charge in [0, 0.05) is 5.69 Å². The maximum absolute atomic E-state index is 13.7. The lowest BCUT2D eigenvalue weighted by Crippen LogP contribution is -2.14. The van der Waals surface area contributed by atoms with Crippen LogP contribution in [-0.4, -0.2) is 23.5 Å². The summed E-state index contributed by atoms with van der Waals surface area (Å²) in [6.45, 7) is 2.03. The molecule has 1 aromatic heterocycles. The Labute approximate surface area is 161 Å². The van der Waals surface area contributed by atoms with Gasteiger partial charge in [-0.3, -0.25) is 4.79 Å². The smallest absolute Gasteiger partial charge is 0.338 e. The van der Waals surface area contributed by atoms with Gasteiger partial charge in [-0.15, -0.1) is 0 Å². The van der Waals surface area contributed by atoms with Gasteiger partial charge in [-0.25, -0.2) is 14.2 Å². The number of nitrogens with one attached hydrogen (secondary N) is 2. The third kappa shape index (κ3) is 4.70. The molecule has 2 N–H and O–H groups in total. The summed E-state index contributed by atoms with van der Waals surface area (Å²) in [7, 11) is 0. The molecule has 1 amide bonds. The van der Waals surface area contributed by atoms with Crippen molar-refractivity contribution in [3.63, 3.8) is 0 Å². The molecule has 0 radical (unpaired) electrons. The highest BCUT2D eigenvalue weighted by molar-refractivity contribution is 6.03. The number of carbonyl (C=O) groups excluding carboxylic acids is 2. The molecule has 0 fully saturated rings. The zero-order valence-corrected chi connectivity index (χ0v) is 15.1. The van der Waals surface area contributed by atoms with Gasteiger partial charge in [-0.05, 0) is 55.5 Å². The minimum absolute atomic E-state index is 0.202. The predicted molar refractivity (Wildman–Crippen MR) is 104 cm³/mol. The molecule has 1 heterocycles. The lowest BCUT2D eigenvalue weighted by Gasteiger charge is -2.09. The van der Waals surface area contributed by atoms with Crippen molar-refractivity contribution >= 4 is 28.9 Å². The molecular weight excluding hydrogens is 361 g/mol. The summed E-state index contributed by atoms with van der Waals surface area (Å²) < 4.78 is 18.6. The Hall–Kier alpha value is -3.74. The fourth-order valence-electron chi connectivity index (χ4n) is 2.42. The molecule has 6 nitrogen and oxygen atoms in total. The number of aromatic nitrogens is 1. The maximum Gasteiger partial charge on any atom is 0.338 e. The molecule has 0 saturated heterocycles. The Morgan fingerprint density at radius 2 is 1.71 bits per heavy atom. The van der Waals surface area contributed by atoms with E-state index in [1.165, 1.54) is 18.3 Å². The van der Waals surface area contributed by atoms with E-state index in [0.717, 1.165) is 0 Å². The lowest BCUT2D eigenvalue weighted by molar-refractivity contribution is 0.0526. The second kappa shape index (κ2) is 8.77. The first-order valence-corrected chi connectivity index (χ1v) is 8.63. The first-order valence-electron chi connectivity index (χ1n) is 8.63. The fraction of sp³-hybridized carbons (Fsp3) is 0.0952. The molecule has 28 heavy (non-hydrogen) atoms. The van der Waals surface area contributed by atoms with E-state index in [1.807, 2.05) is 0 Å². The van der Waals surface area contributed by atoms with Gasteiger partial charge < -0.3 is 15.4 Å². The fourth-order valence-corrected chi connectivity index (χ4v) is 2.42. The van der Waals surface area contributed by atoms with E-state index >= 15 is 0 Å². The summed E-state index contributed by atoms with van der Waals surface area (Å²) in [5.74, 6) is -1.20. The van der Waals surface area contributed by atoms with Crippen molar-refractivity contribution in [1.29, 1.82) is 0 Å². The van der Waals surface area contributed by atoms with Crippen molar-refractivity contribution in [2.75, 3.05) is 17.2 Å². The topological polar surface area (TPSA) is 80.3 Å². The van der Waals surface area contributed by atoms with Crippen LogP contribution in [0.25, 0.3) is 0 Å². The number of halogens is 1. The average molecular weight is 379 g/mol. The molecule has 3 rings (SSSR count). The van der Waals surface area contributed by atoms with E-state index in [1.54, 1.807) is 55.5 Å². The summed E-state index contributed by atoms with van der Waals surface area (Å²) >= 11 is 0. The van der Waals surface area contributed by atoms with E-state index in [2.05, 4.69) is 15.6 Å². The second-order valence-electron chi connectivity index (χ2n) is 5.79. The molecule has 0 spiro atoms. The summed E-state index contributed by atoms with van der Waals surface area (Å²) in [6, 6.07) is 15.8. The predicted octanol–water partition coefficient (Wildman–Crippen LogP) is 4.39. The number of esters is 1. The normalized spacial score (nSPS) is 10.2. The standard InChI is InChI=1S/C21H18FN3O3/c1-2-28-21(27)14-7-9-15(10-8-14)25-20(26)19-12-11-16(13-23-19)24-18-6-4-3-5-17(18)22/h3-13,24H,2H2,1H3,(H,25,26). The SMILES string of the molecule is CCOC(=O)c1ccc(NC(=O)c2ccc(Nc3ccccc3F)cn2)cc1. The van der Waals surface area contributed by atoms with Crippen molar-refractivity contribution in [2.45, 2.75) is 6.92 Å². The number of amides is 1. The van der Waals surface area contributed by atoms with E-state index in [-0.39, 0.29) is 11.5 Å². The molecule has 142 valence electrons. The molecule has 7 heteroatoms. The molecular formula is C21H18FN3O3. The summed E-state index contributed by atoms with van der Waals surface area (Å²) in [5.41, 5.74) is 2.01. The quantitative estimate of drug-likeness (QED) is 0.621. The van der Waals surface area contributed by atoms with Crippen LogP contribution in [-0.2, 0) is 4.74 Å². The molecule has 0 unspecified atom stereocenters. The van der Waals surface area contributed by atoms with Crippen LogP contribution in [0.3, 0.4) is 0 Å². The monoisotopic (exact) mass is 379 g/mol. The van der Waals surface area contributed by atoms with E-state index in [4.69, 9.17) is 4.74 Å². The third-order valence-electron chi connectivity index (χ3n) is 3.80. The van der Waals surface area contributed by atoms with Crippen LogP contribution in [0.15, 0.2) is 66.9 Å². The van der Waals surface area contributed by atoms with Crippen LogP contribution in [0.5, 0.6) is 0 Å². The van der Waals surface area contributed by atoms with Crippen LogP contribution in [0.1, 0.15) is 27.8 Å². The van der Waals surface area contributed by atoms with E-state index in [0.29, 0.717) is 29.2 Å². The van der Waals surface area contributed by atoms with Gasteiger partial charge in [0.2, 0.25) is 0 Å². The number of para-hydroxylation sites is 1. The number of pyridine rings is 1. The highest BCUT2D eigenvalue weighted by Gasteiger charge is 2.10. The average Bonchev–Trinajstić information content (AvgIpc) is 2.71. The molecule has 0 atom stereocenters. The van der Waals surface area contributed by atoms with Crippen molar-refractivity contribution in [3.8, 4) is 0 Å². The number of benzene rings is 2. The Morgan fingerprint density at radius 1 is 1.00 bits per heavy atom. The van der Waals surface area contributed by atoms with E-state index < -0.39 is 11.9 Å². The molecule has 0 saturated carbocycles. The lowest BCUT2D eigenvalue weighted by atomic mass is 10.2. The second-order valence-corrected chi connectivity index (χ2v) is 5.79. The third-order valence-corrected chi connectivity index (χ3v) is 3.80. The number of carbonyl (C=O) groups is 2. The van der Waals surface area contributed by atoms with Crippen molar-refractivity contribution in [1.82, 2.24) is 4.98 Å². The zero-order valence-electron chi connectivity index (χ0n) is 15.1. The largest absolute Gasteiger partial charge is 0.462 e. The molecule has 2 aromatic carbocycles. The molecule has 0 aliphatic carbocycles. The van der Waals surface area contributed by atoms with Crippen LogP contribution in [0, 0.1) is 5.82 Å². The molecule has 0 bridgehead atoms. The van der Waals surface area contributed by atoms with E-state index in [9.17, 15) is 14.0 Å². The van der Waals surface area contributed by atoms with Gasteiger partial charge in [-0.2, -0.15) is 0 Å². The minimum Gasteiger partial charge on any atom is -0.462 e. The van der Waals surface area contributed by atoms with Crippen LogP contribution in [0.4, 0.5) is 21.5 Å². The maximum atomic E-state index is 13.7. The van der Waals surface area contributed by atoms with Gasteiger partial charge in [0.15, 0.2) is 0 Å². The highest BCUT2D eigenvalue weighted by Crippen LogP contribution is 2.19. The Balaban J connectivity index is 1.63. The number of anilines is 3. The number of ether oxygens (including phenoxy) is 1. The van der Waals surface area contributed by atoms with Crippen LogP contribution in [0.2, 0.25) is 0 Å². The molecule has 0 aliphatic rings. The number of nitrogens with zero attached hydrogens (tertiary/aromatic N) is 1. The number of rotatable bonds is 6. The van der Waals surface area contributed by atoms with Gasteiger partial charge in [-0.1, -0.05) is 12.1 Å². The Bertz CT molecular complexity index is 973. The molecule has 0 aliphatic heterocycles.